The quantitative estimate of drug-likeness (QED) is 0.822. The van der Waals surface area contributed by atoms with Crippen molar-refractivity contribution in [3.63, 3.8) is 0 Å². The van der Waals surface area contributed by atoms with Crippen LogP contribution in [-0.2, 0) is 4.79 Å². The Hall–Kier alpha value is -0.530. The first-order valence-electron chi connectivity index (χ1n) is 8.26. The fourth-order valence-corrected chi connectivity index (χ4v) is 5.65. The van der Waals surface area contributed by atoms with Gasteiger partial charge in [0.05, 0.1) is 0 Å². The van der Waals surface area contributed by atoms with Gasteiger partial charge in [-0.3, -0.25) is 4.79 Å². The van der Waals surface area contributed by atoms with Crippen LogP contribution in [0.1, 0.15) is 65.7 Å². The van der Waals surface area contributed by atoms with Gasteiger partial charge in [0.2, 0.25) is 5.91 Å². The Morgan fingerprint density at radius 2 is 1.53 bits per heavy atom. The summed E-state index contributed by atoms with van der Waals surface area (Å²) in [7, 11) is 0. The van der Waals surface area contributed by atoms with Gasteiger partial charge in [-0.2, -0.15) is 0 Å². The van der Waals surface area contributed by atoms with Crippen molar-refractivity contribution in [2.45, 2.75) is 71.8 Å². The van der Waals surface area contributed by atoms with E-state index < -0.39 is 0 Å². The molecule has 4 bridgehead atoms. The van der Waals surface area contributed by atoms with Crippen molar-refractivity contribution in [1.29, 1.82) is 0 Å². The predicted molar refractivity (Wildman–Crippen MR) is 77.7 cm³/mol. The maximum absolute atomic E-state index is 11.8. The third kappa shape index (κ3) is 2.68. The van der Waals surface area contributed by atoms with Crippen molar-refractivity contribution in [3.8, 4) is 0 Å². The summed E-state index contributed by atoms with van der Waals surface area (Å²) in [6.07, 6.45) is 10.1. The van der Waals surface area contributed by atoms with Crippen molar-refractivity contribution in [1.82, 2.24) is 5.32 Å². The maximum Gasteiger partial charge on any atom is 0.222 e. The first-order chi connectivity index (χ1) is 8.96. The van der Waals surface area contributed by atoms with Gasteiger partial charge in [0.25, 0.3) is 0 Å². The Morgan fingerprint density at radius 3 is 1.95 bits per heavy atom. The molecule has 108 valence electrons. The van der Waals surface area contributed by atoms with Gasteiger partial charge >= 0.3 is 0 Å². The summed E-state index contributed by atoms with van der Waals surface area (Å²) in [5, 5.41) is 3.22. The summed E-state index contributed by atoms with van der Waals surface area (Å²) in [4.78, 5) is 11.8. The second-order valence-corrected chi connectivity index (χ2v) is 8.19. The van der Waals surface area contributed by atoms with E-state index in [4.69, 9.17) is 0 Å². The maximum atomic E-state index is 11.8. The van der Waals surface area contributed by atoms with Gasteiger partial charge in [-0.15, -0.1) is 0 Å². The van der Waals surface area contributed by atoms with Gasteiger partial charge in [0, 0.05) is 12.0 Å². The molecule has 1 atom stereocenters. The van der Waals surface area contributed by atoms with Crippen molar-refractivity contribution in [2.75, 3.05) is 0 Å². The Balaban J connectivity index is 1.61. The van der Waals surface area contributed by atoms with Crippen molar-refractivity contribution < 1.29 is 4.79 Å². The topological polar surface area (TPSA) is 29.1 Å². The van der Waals surface area contributed by atoms with Crippen LogP contribution in [-0.4, -0.2) is 11.9 Å². The van der Waals surface area contributed by atoms with Crippen LogP contribution >= 0.6 is 0 Å². The molecule has 1 amide bonds. The highest BCUT2D eigenvalue weighted by atomic mass is 16.1. The zero-order valence-corrected chi connectivity index (χ0v) is 12.7. The van der Waals surface area contributed by atoms with E-state index in [9.17, 15) is 4.79 Å². The summed E-state index contributed by atoms with van der Waals surface area (Å²) in [5.41, 5.74) is 0.582. The second kappa shape index (κ2) is 4.79. The lowest BCUT2D eigenvalue weighted by Crippen LogP contribution is -2.49. The van der Waals surface area contributed by atoms with Gasteiger partial charge in [-0.25, -0.2) is 0 Å². The molecule has 4 saturated carbocycles. The number of carbonyl (C=O) groups is 1. The van der Waals surface area contributed by atoms with Crippen LogP contribution in [0.5, 0.6) is 0 Å². The largest absolute Gasteiger partial charge is 0.353 e. The highest BCUT2D eigenvalue weighted by Crippen LogP contribution is 2.61. The van der Waals surface area contributed by atoms with Crippen LogP contribution in [0.25, 0.3) is 0 Å². The summed E-state index contributed by atoms with van der Waals surface area (Å²) in [6, 6.07) is 0.353. The average molecular weight is 263 g/mol. The summed E-state index contributed by atoms with van der Waals surface area (Å²) >= 11 is 0. The van der Waals surface area contributed by atoms with Crippen LogP contribution < -0.4 is 5.32 Å². The summed E-state index contributed by atoms with van der Waals surface area (Å²) in [5.74, 6) is 3.37. The molecule has 1 unspecified atom stereocenters. The monoisotopic (exact) mass is 263 g/mol. The van der Waals surface area contributed by atoms with Gasteiger partial charge in [0.1, 0.15) is 0 Å². The van der Waals surface area contributed by atoms with Crippen molar-refractivity contribution in [3.05, 3.63) is 0 Å². The van der Waals surface area contributed by atoms with E-state index in [1.54, 1.807) is 0 Å². The van der Waals surface area contributed by atoms with E-state index in [1.807, 2.05) is 13.8 Å². The van der Waals surface area contributed by atoms with E-state index in [0.717, 1.165) is 17.8 Å². The minimum Gasteiger partial charge on any atom is -0.353 e. The van der Waals surface area contributed by atoms with E-state index in [-0.39, 0.29) is 11.8 Å². The molecule has 4 aliphatic rings. The van der Waals surface area contributed by atoms with E-state index in [0.29, 0.717) is 11.5 Å². The lowest BCUT2D eigenvalue weighted by molar-refractivity contribution is -0.125. The molecule has 4 fully saturated rings. The normalized spacial score (nSPS) is 41.6. The fourth-order valence-electron chi connectivity index (χ4n) is 5.65. The number of amides is 1. The minimum absolute atomic E-state index is 0.110. The highest BCUT2D eigenvalue weighted by molar-refractivity contribution is 5.78. The molecule has 2 heteroatoms. The molecule has 2 nitrogen and oxygen atoms in total. The minimum atomic E-state index is 0.110. The predicted octanol–water partition coefficient (Wildman–Crippen LogP) is 3.75. The molecule has 0 aromatic rings. The van der Waals surface area contributed by atoms with Gasteiger partial charge < -0.3 is 5.32 Å². The van der Waals surface area contributed by atoms with Gasteiger partial charge in [-0.1, -0.05) is 13.8 Å². The van der Waals surface area contributed by atoms with Crippen LogP contribution in [0.3, 0.4) is 0 Å². The first kappa shape index (κ1) is 13.5. The van der Waals surface area contributed by atoms with E-state index in [2.05, 4.69) is 12.2 Å². The molecular weight excluding hydrogens is 234 g/mol. The van der Waals surface area contributed by atoms with Gasteiger partial charge in [0.15, 0.2) is 0 Å². The van der Waals surface area contributed by atoms with Crippen molar-refractivity contribution in [2.24, 2.45) is 29.1 Å². The number of hydrogen-bond donors (Lipinski definition) is 1. The first-order valence-corrected chi connectivity index (χ1v) is 8.26. The third-order valence-corrected chi connectivity index (χ3v) is 5.82. The Kier molecular flexibility index (Phi) is 3.39. The fraction of sp³-hybridized carbons (Fsp3) is 0.941. The molecule has 0 aromatic heterocycles. The zero-order valence-electron chi connectivity index (χ0n) is 12.7. The highest BCUT2D eigenvalue weighted by Gasteiger charge is 2.50. The van der Waals surface area contributed by atoms with Crippen LogP contribution in [0.15, 0.2) is 0 Å². The van der Waals surface area contributed by atoms with Gasteiger partial charge in [-0.05, 0) is 75.0 Å². The SMILES string of the molecule is CC(CC12CC3CC(CC(C3)C1)C2)NC(=O)C(C)C. The number of hydrogen-bond acceptors (Lipinski definition) is 1. The lowest BCUT2D eigenvalue weighted by Gasteiger charge is -2.57. The molecule has 1 N–H and O–H groups in total. The van der Waals surface area contributed by atoms with Crippen molar-refractivity contribution >= 4 is 5.91 Å². The number of nitrogens with one attached hydrogen (secondary N) is 1. The Bertz CT molecular complexity index is 325. The van der Waals surface area contributed by atoms with Crippen LogP contribution in [0.2, 0.25) is 0 Å². The molecule has 0 spiro atoms. The molecule has 4 aliphatic carbocycles. The molecule has 0 aromatic carbocycles. The Morgan fingerprint density at radius 1 is 1.05 bits per heavy atom. The zero-order chi connectivity index (χ0) is 13.6. The molecule has 0 saturated heterocycles. The van der Waals surface area contributed by atoms with E-state index in [1.165, 1.54) is 44.9 Å². The van der Waals surface area contributed by atoms with Crippen LogP contribution in [0.4, 0.5) is 0 Å². The molecule has 19 heavy (non-hydrogen) atoms. The molecular formula is C17H29NO. The molecule has 0 aliphatic heterocycles. The summed E-state index contributed by atoms with van der Waals surface area (Å²) in [6.45, 7) is 6.17. The molecule has 0 radical (unpaired) electrons. The van der Waals surface area contributed by atoms with E-state index >= 15 is 0 Å². The molecule has 4 rings (SSSR count). The third-order valence-electron chi connectivity index (χ3n) is 5.82. The van der Waals surface area contributed by atoms with Crippen LogP contribution in [0, 0.1) is 29.1 Å². The standard InChI is InChI=1S/C17H29NO/c1-11(2)16(19)18-12(3)7-17-8-13-4-14(9-17)6-15(5-13)10-17/h11-15H,4-10H2,1-3H3,(H,18,19). The second-order valence-electron chi connectivity index (χ2n) is 8.19. The summed E-state index contributed by atoms with van der Waals surface area (Å²) < 4.78 is 0. The number of carbonyl (C=O) groups excluding carboxylic acids is 1. The number of rotatable bonds is 4. The smallest absolute Gasteiger partial charge is 0.222 e. The molecule has 0 heterocycles. The average Bonchev–Trinajstić information content (AvgIpc) is 2.25. The lowest BCUT2D eigenvalue weighted by atomic mass is 9.48. The Labute approximate surface area is 117 Å².